The average Bonchev–Trinajstić information content (AvgIpc) is 3.38. The number of fused-ring (bicyclic) bond motifs is 13. The van der Waals surface area contributed by atoms with Gasteiger partial charge in [-0.2, -0.15) is 4.40 Å². The molecule has 5 aromatic carbocycles. The van der Waals surface area contributed by atoms with Crippen LogP contribution in [0, 0.1) is 6.92 Å². The van der Waals surface area contributed by atoms with Gasteiger partial charge in [0.1, 0.15) is 16.7 Å². The summed E-state index contributed by atoms with van der Waals surface area (Å²) in [6, 6.07) is 32.7. The van der Waals surface area contributed by atoms with Crippen LogP contribution in [-0.4, -0.2) is 4.40 Å². The fraction of sp³-hybridized carbons (Fsp3) is 0.0645. The van der Waals surface area contributed by atoms with Crippen molar-refractivity contribution in [3.63, 3.8) is 0 Å². The number of hydrogen-bond donors (Lipinski definition) is 0. The molecular weight excluding hydrogens is 416 g/mol. The number of para-hydroxylation sites is 2. The summed E-state index contributed by atoms with van der Waals surface area (Å²) in [5.41, 5.74) is 8.00. The molecule has 0 aliphatic rings. The molecule has 0 N–H and O–H groups in total. The first kappa shape index (κ1) is 18.1. The topological polar surface area (TPSA) is 21.4 Å². The van der Waals surface area contributed by atoms with Gasteiger partial charge < -0.3 is 4.42 Å². The maximum absolute atomic E-state index is 6.44. The van der Waals surface area contributed by atoms with Gasteiger partial charge in [-0.25, -0.2) is 4.57 Å². The predicted molar refractivity (Wildman–Crippen MR) is 141 cm³/mol. The molecule has 3 nitrogen and oxygen atoms in total. The standard InChI is InChI=1S/C31H21N2O/c1-18-8-7-11-21-22-17-28-23(30-20-10-4-3-9-19(20)14-15-27(30)34-28)16-26(22)33-25-13-6-5-12-24(25)32(2)31(33)29(18)21/h3-17H,1-2H3/q+1. The van der Waals surface area contributed by atoms with Crippen LogP contribution < -0.4 is 4.57 Å². The second-order valence-electron chi connectivity index (χ2n) is 9.33. The maximum atomic E-state index is 6.44. The third-order valence-corrected chi connectivity index (χ3v) is 7.52. The van der Waals surface area contributed by atoms with Crippen LogP contribution in [0.2, 0.25) is 0 Å². The van der Waals surface area contributed by atoms with E-state index in [9.17, 15) is 0 Å². The Hall–Kier alpha value is -4.37. The smallest absolute Gasteiger partial charge is 0.295 e. The number of aryl methyl sites for hydroxylation is 2. The van der Waals surface area contributed by atoms with Crippen molar-refractivity contribution in [2.75, 3.05) is 0 Å². The highest BCUT2D eigenvalue weighted by atomic mass is 16.3. The number of rotatable bonds is 0. The molecule has 0 aliphatic heterocycles. The molecule has 3 aromatic heterocycles. The molecule has 0 fully saturated rings. The van der Waals surface area contributed by atoms with Crippen molar-refractivity contribution in [1.82, 2.24) is 4.40 Å². The van der Waals surface area contributed by atoms with E-state index in [4.69, 9.17) is 4.42 Å². The monoisotopic (exact) mass is 437 g/mol. The third-order valence-electron chi connectivity index (χ3n) is 7.52. The minimum Gasteiger partial charge on any atom is -0.456 e. The van der Waals surface area contributed by atoms with Crippen LogP contribution in [0.5, 0.6) is 0 Å². The van der Waals surface area contributed by atoms with Gasteiger partial charge in [-0.1, -0.05) is 60.7 Å². The lowest BCUT2D eigenvalue weighted by molar-refractivity contribution is -0.617. The molecule has 34 heavy (non-hydrogen) atoms. The Labute approximate surface area is 195 Å². The van der Waals surface area contributed by atoms with Crippen molar-refractivity contribution in [3.05, 3.63) is 96.6 Å². The first-order chi connectivity index (χ1) is 16.7. The molecular formula is C31H21N2O+. The van der Waals surface area contributed by atoms with E-state index in [-0.39, 0.29) is 0 Å². The molecule has 0 bridgehead atoms. The Morgan fingerprint density at radius 2 is 1.47 bits per heavy atom. The zero-order chi connectivity index (χ0) is 22.6. The zero-order valence-corrected chi connectivity index (χ0v) is 19.0. The Morgan fingerprint density at radius 1 is 0.647 bits per heavy atom. The molecule has 3 heterocycles. The summed E-state index contributed by atoms with van der Waals surface area (Å²) in [7, 11) is 2.18. The molecule has 0 radical (unpaired) electrons. The molecule has 0 amide bonds. The van der Waals surface area contributed by atoms with Gasteiger partial charge in [0.25, 0.3) is 5.65 Å². The van der Waals surface area contributed by atoms with Crippen molar-refractivity contribution >= 4 is 71.1 Å². The second-order valence-corrected chi connectivity index (χ2v) is 9.33. The van der Waals surface area contributed by atoms with Crippen LogP contribution in [-0.2, 0) is 7.05 Å². The number of pyridine rings is 1. The molecule has 160 valence electrons. The Kier molecular flexibility index (Phi) is 3.27. The van der Waals surface area contributed by atoms with Gasteiger partial charge in [0, 0.05) is 21.5 Å². The molecule has 0 atom stereocenters. The molecule has 0 spiro atoms. The molecule has 0 aliphatic carbocycles. The summed E-state index contributed by atoms with van der Waals surface area (Å²) in [5, 5.41) is 8.57. The number of benzene rings is 5. The average molecular weight is 438 g/mol. The van der Waals surface area contributed by atoms with Crippen molar-refractivity contribution < 1.29 is 8.98 Å². The highest BCUT2D eigenvalue weighted by Crippen LogP contribution is 2.40. The summed E-state index contributed by atoms with van der Waals surface area (Å²) in [5.74, 6) is 0. The molecule has 0 unspecified atom stereocenters. The largest absolute Gasteiger partial charge is 0.456 e. The Morgan fingerprint density at radius 3 is 2.41 bits per heavy atom. The Balaban J connectivity index is 1.72. The number of nitrogens with zero attached hydrogens (tertiary/aromatic N) is 2. The molecule has 0 saturated carbocycles. The number of furan rings is 1. The van der Waals surface area contributed by atoms with Gasteiger partial charge in [-0.3, -0.25) is 0 Å². The highest BCUT2D eigenvalue weighted by Gasteiger charge is 2.25. The van der Waals surface area contributed by atoms with Crippen molar-refractivity contribution in [2.45, 2.75) is 6.92 Å². The molecule has 0 saturated heterocycles. The summed E-state index contributed by atoms with van der Waals surface area (Å²) in [4.78, 5) is 0. The van der Waals surface area contributed by atoms with Gasteiger partial charge in [-0.15, -0.1) is 0 Å². The van der Waals surface area contributed by atoms with E-state index in [0.717, 1.165) is 16.6 Å². The van der Waals surface area contributed by atoms with Crippen LogP contribution in [0.3, 0.4) is 0 Å². The van der Waals surface area contributed by atoms with Gasteiger partial charge in [0.05, 0.1) is 12.4 Å². The lowest BCUT2D eigenvalue weighted by Crippen LogP contribution is -2.27. The SMILES string of the molecule is Cc1cccc2c3cc4oc5ccc6ccccc6c5c4cc3n3c4ccccc4[n+](C)c3c12. The van der Waals surface area contributed by atoms with Gasteiger partial charge in [0.2, 0.25) is 0 Å². The van der Waals surface area contributed by atoms with E-state index in [1.54, 1.807) is 0 Å². The normalized spacial score (nSPS) is 12.4. The summed E-state index contributed by atoms with van der Waals surface area (Å²) in [6.45, 7) is 2.21. The summed E-state index contributed by atoms with van der Waals surface area (Å²) in [6.07, 6.45) is 0. The fourth-order valence-electron chi connectivity index (χ4n) is 6.01. The first-order valence-electron chi connectivity index (χ1n) is 11.7. The highest BCUT2D eigenvalue weighted by molar-refractivity contribution is 6.23. The predicted octanol–water partition coefficient (Wildman–Crippen LogP) is 7.58. The Bertz CT molecular complexity index is 2140. The van der Waals surface area contributed by atoms with Crippen LogP contribution in [0.15, 0.2) is 95.4 Å². The first-order valence-corrected chi connectivity index (χ1v) is 11.7. The second kappa shape index (κ2) is 6.15. The minimum absolute atomic E-state index is 0.932. The van der Waals surface area contributed by atoms with E-state index in [0.29, 0.717) is 0 Å². The quantitative estimate of drug-likeness (QED) is 0.177. The van der Waals surface area contributed by atoms with E-state index in [2.05, 4.69) is 114 Å². The van der Waals surface area contributed by atoms with Crippen LogP contribution in [0.25, 0.3) is 71.1 Å². The van der Waals surface area contributed by atoms with Crippen LogP contribution in [0.4, 0.5) is 0 Å². The van der Waals surface area contributed by atoms with Crippen molar-refractivity contribution in [1.29, 1.82) is 0 Å². The lowest BCUT2D eigenvalue weighted by Gasteiger charge is -2.07. The molecule has 8 rings (SSSR count). The molecule has 8 aromatic rings. The third kappa shape index (κ3) is 2.10. The van der Waals surface area contributed by atoms with E-state index in [1.165, 1.54) is 60.1 Å². The van der Waals surface area contributed by atoms with Gasteiger partial charge in [-0.05, 0) is 53.6 Å². The van der Waals surface area contributed by atoms with E-state index >= 15 is 0 Å². The summed E-state index contributed by atoms with van der Waals surface area (Å²) >= 11 is 0. The van der Waals surface area contributed by atoms with Crippen molar-refractivity contribution in [2.24, 2.45) is 7.05 Å². The fourth-order valence-corrected chi connectivity index (χ4v) is 6.01. The van der Waals surface area contributed by atoms with Gasteiger partial charge in [0.15, 0.2) is 11.0 Å². The minimum atomic E-state index is 0.932. The number of hydrogen-bond acceptors (Lipinski definition) is 1. The van der Waals surface area contributed by atoms with E-state index in [1.807, 2.05) is 0 Å². The molecule has 3 heteroatoms. The lowest BCUT2D eigenvalue weighted by atomic mass is 9.99. The van der Waals surface area contributed by atoms with E-state index < -0.39 is 0 Å². The zero-order valence-electron chi connectivity index (χ0n) is 19.0. The summed E-state index contributed by atoms with van der Waals surface area (Å²) < 4.78 is 11.2. The van der Waals surface area contributed by atoms with Gasteiger partial charge >= 0.3 is 0 Å². The number of aromatic nitrogens is 2. The maximum Gasteiger partial charge on any atom is 0.295 e. The van der Waals surface area contributed by atoms with Crippen LogP contribution >= 0.6 is 0 Å². The van der Waals surface area contributed by atoms with Crippen molar-refractivity contribution in [3.8, 4) is 0 Å². The van der Waals surface area contributed by atoms with Crippen LogP contribution in [0.1, 0.15) is 5.56 Å². The number of imidazole rings is 1.